The second kappa shape index (κ2) is 7.93. The predicted octanol–water partition coefficient (Wildman–Crippen LogP) is 2.80. The van der Waals surface area contributed by atoms with Gasteiger partial charge >= 0.3 is 0 Å². The summed E-state index contributed by atoms with van der Waals surface area (Å²) in [5, 5.41) is 14.4. The number of hydrogen-bond acceptors (Lipinski definition) is 6. The first-order valence-electron chi connectivity index (χ1n) is 8.98. The number of aromatic nitrogens is 4. The molecule has 0 saturated carbocycles. The molecule has 0 bridgehead atoms. The number of rotatable bonds is 6. The first-order valence-corrected chi connectivity index (χ1v) is 8.98. The molecule has 4 rings (SSSR count). The van der Waals surface area contributed by atoms with E-state index in [2.05, 4.69) is 25.9 Å². The van der Waals surface area contributed by atoms with Crippen molar-refractivity contribution in [1.82, 2.24) is 19.9 Å². The molecule has 0 fully saturated rings. The molecule has 9 heteroatoms. The minimum absolute atomic E-state index is 0.102. The van der Waals surface area contributed by atoms with Crippen LogP contribution in [0.1, 0.15) is 18.7 Å². The monoisotopic (exact) mass is 390 g/mol. The summed E-state index contributed by atoms with van der Waals surface area (Å²) in [7, 11) is 0. The maximum absolute atomic E-state index is 12.3. The molecule has 1 unspecified atom stereocenters. The van der Waals surface area contributed by atoms with Gasteiger partial charge in [0.15, 0.2) is 5.58 Å². The molecule has 9 nitrogen and oxygen atoms in total. The highest BCUT2D eigenvalue weighted by Crippen LogP contribution is 2.19. The van der Waals surface area contributed by atoms with Crippen LogP contribution < -0.4 is 10.6 Å². The van der Waals surface area contributed by atoms with Crippen LogP contribution in [-0.2, 0) is 16.0 Å². The molecule has 0 aliphatic heterocycles. The second-order valence-electron chi connectivity index (χ2n) is 6.47. The Morgan fingerprint density at radius 1 is 1.07 bits per heavy atom. The Labute approximate surface area is 165 Å². The molecular formula is C20H18N6O3. The lowest BCUT2D eigenvalue weighted by atomic mass is 10.1. The summed E-state index contributed by atoms with van der Waals surface area (Å²) in [6.07, 6.45) is 2.97. The van der Waals surface area contributed by atoms with E-state index in [1.54, 1.807) is 37.3 Å². The number of para-hydroxylation sites is 1. The first-order chi connectivity index (χ1) is 14.1. The molecule has 29 heavy (non-hydrogen) atoms. The average Bonchev–Trinajstić information content (AvgIpc) is 3.39. The van der Waals surface area contributed by atoms with Gasteiger partial charge in [-0.25, -0.2) is 9.67 Å². The first kappa shape index (κ1) is 18.4. The third-order valence-corrected chi connectivity index (χ3v) is 4.43. The molecule has 2 N–H and O–H groups in total. The van der Waals surface area contributed by atoms with Gasteiger partial charge in [0.1, 0.15) is 24.4 Å². The number of nitrogens with zero attached hydrogens (tertiary/aromatic N) is 4. The fourth-order valence-electron chi connectivity index (χ4n) is 2.84. The van der Waals surface area contributed by atoms with Crippen molar-refractivity contribution < 1.29 is 14.1 Å². The summed E-state index contributed by atoms with van der Waals surface area (Å²) in [5.74, 6) is -0.425. The van der Waals surface area contributed by atoms with Crippen LogP contribution >= 0.6 is 0 Å². The summed E-state index contributed by atoms with van der Waals surface area (Å²) in [6, 6.07) is 13.8. The molecule has 2 aromatic heterocycles. The van der Waals surface area contributed by atoms with Crippen LogP contribution in [0.15, 0.2) is 65.7 Å². The Hall–Kier alpha value is -4.01. The van der Waals surface area contributed by atoms with Crippen molar-refractivity contribution in [3.63, 3.8) is 0 Å². The van der Waals surface area contributed by atoms with Gasteiger partial charge in [-0.1, -0.05) is 17.3 Å². The summed E-state index contributed by atoms with van der Waals surface area (Å²) in [6.45, 7) is 1.73. The van der Waals surface area contributed by atoms with E-state index in [1.807, 2.05) is 18.2 Å². The highest BCUT2D eigenvalue weighted by molar-refractivity contribution is 5.96. The lowest BCUT2D eigenvalue weighted by molar-refractivity contribution is -0.119. The molecule has 0 radical (unpaired) electrons. The van der Waals surface area contributed by atoms with Crippen LogP contribution in [0.3, 0.4) is 0 Å². The largest absolute Gasteiger partial charge is 0.356 e. The van der Waals surface area contributed by atoms with Gasteiger partial charge in [0.25, 0.3) is 0 Å². The quantitative estimate of drug-likeness (QED) is 0.523. The van der Waals surface area contributed by atoms with Crippen molar-refractivity contribution in [2.24, 2.45) is 0 Å². The molecule has 0 aliphatic rings. The van der Waals surface area contributed by atoms with Crippen LogP contribution in [0.4, 0.5) is 11.4 Å². The molecule has 0 aliphatic carbocycles. The van der Waals surface area contributed by atoms with Crippen molar-refractivity contribution in [3.8, 4) is 0 Å². The second-order valence-corrected chi connectivity index (χ2v) is 6.47. The van der Waals surface area contributed by atoms with Gasteiger partial charge < -0.3 is 15.2 Å². The summed E-state index contributed by atoms with van der Waals surface area (Å²) < 4.78 is 6.69. The van der Waals surface area contributed by atoms with Gasteiger partial charge in [-0.2, -0.15) is 5.10 Å². The maximum Gasteiger partial charge on any atom is 0.249 e. The van der Waals surface area contributed by atoms with Crippen molar-refractivity contribution >= 4 is 34.2 Å². The normalized spacial score (nSPS) is 11.9. The van der Waals surface area contributed by atoms with E-state index in [0.717, 1.165) is 5.39 Å². The number of hydrogen-bond donors (Lipinski definition) is 2. The summed E-state index contributed by atoms with van der Waals surface area (Å²) >= 11 is 0. The predicted molar refractivity (Wildman–Crippen MR) is 106 cm³/mol. The van der Waals surface area contributed by atoms with E-state index in [1.165, 1.54) is 17.3 Å². The molecule has 0 saturated heterocycles. The van der Waals surface area contributed by atoms with Crippen molar-refractivity contribution in [1.29, 1.82) is 0 Å². The van der Waals surface area contributed by atoms with E-state index >= 15 is 0 Å². The SMILES string of the molecule is CC(C(=O)Nc1ccc(NC(=O)Cc2noc3ccccc23)cc1)n1cncn1. The van der Waals surface area contributed by atoms with Crippen molar-refractivity contribution in [2.45, 2.75) is 19.4 Å². The standard InChI is InChI=1S/C20H18N6O3/c1-13(26-12-21-11-22-26)20(28)24-15-8-6-14(7-9-15)23-19(27)10-17-16-4-2-3-5-18(16)29-25-17/h2-9,11-13H,10H2,1H3,(H,23,27)(H,24,28). The molecule has 0 spiro atoms. The number of nitrogens with one attached hydrogen (secondary N) is 2. The Morgan fingerprint density at radius 3 is 2.52 bits per heavy atom. The Morgan fingerprint density at radius 2 is 1.79 bits per heavy atom. The van der Waals surface area contributed by atoms with Crippen LogP contribution in [-0.4, -0.2) is 31.7 Å². The number of carbonyl (C=O) groups is 2. The minimum Gasteiger partial charge on any atom is -0.356 e. The molecule has 2 amide bonds. The van der Waals surface area contributed by atoms with Gasteiger partial charge in [0.2, 0.25) is 11.8 Å². The molecule has 2 aromatic carbocycles. The van der Waals surface area contributed by atoms with Crippen molar-refractivity contribution in [3.05, 3.63) is 66.9 Å². The van der Waals surface area contributed by atoms with Crippen LogP contribution in [0.5, 0.6) is 0 Å². The van der Waals surface area contributed by atoms with E-state index in [-0.39, 0.29) is 18.2 Å². The third-order valence-electron chi connectivity index (χ3n) is 4.43. The van der Waals surface area contributed by atoms with Gasteiger partial charge in [-0.05, 0) is 43.3 Å². The third kappa shape index (κ3) is 4.13. The highest BCUT2D eigenvalue weighted by atomic mass is 16.5. The Bertz CT molecular complexity index is 1130. The van der Waals surface area contributed by atoms with E-state index in [4.69, 9.17) is 4.52 Å². The lowest BCUT2D eigenvalue weighted by Crippen LogP contribution is -2.24. The van der Waals surface area contributed by atoms with Gasteiger partial charge in [-0.15, -0.1) is 0 Å². The number of amides is 2. The van der Waals surface area contributed by atoms with E-state index < -0.39 is 6.04 Å². The van der Waals surface area contributed by atoms with E-state index in [0.29, 0.717) is 22.7 Å². The zero-order valence-corrected chi connectivity index (χ0v) is 15.6. The van der Waals surface area contributed by atoms with E-state index in [9.17, 15) is 9.59 Å². The highest BCUT2D eigenvalue weighted by Gasteiger charge is 2.16. The lowest BCUT2D eigenvalue weighted by Gasteiger charge is -2.12. The zero-order valence-electron chi connectivity index (χ0n) is 15.6. The smallest absolute Gasteiger partial charge is 0.249 e. The maximum atomic E-state index is 12.3. The van der Waals surface area contributed by atoms with Gasteiger partial charge in [-0.3, -0.25) is 9.59 Å². The fraction of sp³-hybridized carbons (Fsp3) is 0.150. The Balaban J connectivity index is 1.35. The number of benzene rings is 2. The van der Waals surface area contributed by atoms with Gasteiger partial charge in [0, 0.05) is 16.8 Å². The molecule has 146 valence electrons. The molecular weight excluding hydrogens is 372 g/mol. The minimum atomic E-state index is -0.492. The van der Waals surface area contributed by atoms with Crippen LogP contribution in [0.25, 0.3) is 11.0 Å². The topological polar surface area (TPSA) is 115 Å². The fourth-order valence-corrected chi connectivity index (χ4v) is 2.84. The Kier molecular flexibility index (Phi) is 5.02. The van der Waals surface area contributed by atoms with Crippen molar-refractivity contribution in [2.75, 3.05) is 10.6 Å². The summed E-state index contributed by atoms with van der Waals surface area (Å²) in [5.41, 5.74) is 2.46. The average molecular weight is 390 g/mol. The van der Waals surface area contributed by atoms with Gasteiger partial charge in [0.05, 0.1) is 6.42 Å². The van der Waals surface area contributed by atoms with Crippen LogP contribution in [0.2, 0.25) is 0 Å². The number of carbonyl (C=O) groups excluding carboxylic acids is 2. The summed E-state index contributed by atoms with van der Waals surface area (Å²) in [4.78, 5) is 28.4. The molecule has 1 atom stereocenters. The number of fused-ring (bicyclic) bond motifs is 1. The zero-order chi connectivity index (χ0) is 20.2. The molecule has 4 aromatic rings. The number of anilines is 2. The molecule has 2 heterocycles. The van der Waals surface area contributed by atoms with Crippen LogP contribution in [0, 0.1) is 0 Å².